The first-order valence-corrected chi connectivity index (χ1v) is 7.83. The fraction of sp³-hybridized carbons (Fsp3) is 0.0714. The molecule has 0 unspecified atom stereocenters. The minimum absolute atomic E-state index is 0.0714. The third kappa shape index (κ3) is 4.28. The minimum Gasteiger partial charge on any atom is -0.306 e. The van der Waals surface area contributed by atoms with Crippen LogP contribution >= 0.6 is 35.1 Å². The van der Waals surface area contributed by atoms with Crippen molar-refractivity contribution in [2.24, 2.45) is 0 Å². The van der Waals surface area contributed by atoms with Crippen LogP contribution in [0.25, 0.3) is 0 Å². The number of nitro groups is 1. The van der Waals surface area contributed by atoms with E-state index in [-0.39, 0.29) is 10.7 Å². The molecule has 0 atom stereocenters. The van der Waals surface area contributed by atoms with Crippen molar-refractivity contribution in [2.75, 3.05) is 12.4 Å². The van der Waals surface area contributed by atoms with Crippen LogP contribution in [0.15, 0.2) is 47.4 Å². The molecule has 0 saturated heterocycles. The zero-order valence-electron chi connectivity index (χ0n) is 11.8. The molecule has 0 aliphatic carbocycles. The molecule has 0 radical (unpaired) electrons. The molecule has 2 aromatic carbocycles. The van der Waals surface area contributed by atoms with Gasteiger partial charge in [0, 0.05) is 13.1 Å². The van der Waals surface area contributed by atoms with Gasteiger partial charge in [-0.1, -0.05) is 41.4 Å². The SMILES string of the molecule is CN(Sc1ccccc1[N+](=O)[O-])C(=O)Nc1cccc(Cl)c1Cl. The largest absolute Gasteiger partial charge is 0.331 e. The summed E-state index contributed by atoms with van der Waals surface area (Å²) >= 11 is 12.8. The maximum atomic E-state index is 12.2. The fourth-order valence-corrected chi connectivity index (χ4v) is 2.82. The molecule has 1 N–H and O–H groups in total. The highest BCUT2D eigenvalue weighted by atomic mass is 35.5. The average molecular weight is 372 g/mol. The van der Waals surface area contributed by atoms with Crippen molar-refractivity contribution in [3.05, 3.63) is 62.6 Å². The van der Waals surface area contributed by atoms with E-state index in [0.717, 1.165) is 11.9 Å². The normalized spacial score (nSPS) is 10.2. The number of halogens is 2. The highest BCUT2D eigenvalue weighted by Gasteiger charge is 2.19. The third-order valence-corrected chi connectivity index (χ3v) is 4.58. The molecular formula is C14H11Cl2N3O3S. The number of carbonyl (C=O) groups is 1. The number of nitro benzene ring substituents is 1. The van der Waals surface area contributed by atoms with Crippen LogP contribution in [0.3, 0.4) is 0 Å². The van der Waals surface area contributed by atoms with Crippen molar-refractivity contribution in [2.45, 2.75) is 4.90 Å². The Morgan fingerprint density at radius 3 is 2.61 bits per heavy atom. The Hall–Kier alpha value is -1.96. The van der Waals surface area contributed by atoms with E-state index in [4.69, 9.17) is 23.2 Å². The predicted molar refractivity (Wildman–Crippen MR) is 92.2 cm³/mol. The first-order chi connectivity index (χ1) is 10.9. The van der Waals surface area contributed by atoms with Crippen LogP contribution in [0.5, 0.6) is 0 Å². The van der Waals surface area contributed by atoms with Crippen LogP contribution in [0.4, 0.5) is 16.2 Å². The number of benzene rings is 2. The van der Waals surface area contributed by atoms with Gasteiger partial charge >= 0.3 is 6.03 Å². The van der Waals surface area contributed by atoms with E-state index in [9.17, 15) is 14.9 Å². The van der Waals surface area contributed by atoms with Crippen molar-refractivity contribution in [3.8, 4) is 0 Å². The molecule has 2 rings (SSSR count). The number of para-hydroxylation sites is 1. The van der Waals surface area contributed by atoms with Crippen LogP contribution < -0.4 is 5.32 Å². The lowest BCUT2D eigenvalue weighted by atomic mass is 10.3. The van der Waals surface area contributed by atoms with E-state index in [1.54, 1.807) is 36.4 Å². The van der Waals surface area contributed by atoms with E-state index in [2.05, 4.69) is 5.32 Å². The van der Waals surface area contributed by atoms with Crippen LogP contribution in [0, 0.1) is 10.1 Å². The highest BCUT2D eigenvalue weighted by Crippen LogP contribution is 2.32. The summed E-state index contributed by atoms with van der Waals surface area (Å²) < 4.78 is 1.24. The monoisotopic (exact) mass is 371 g/mol. The minimum atomic E-state index is -0.498. The number of nitrogens with zero attached hydrogens (tertiary/aromatic N) is 2. The average Bonchev–Trinajstić information content (AvgIpc) is 2.52. The van der Waals surface area contributed by atoms with Crippen molar-refractivity contribution >= 4 is 52.6 Å². The second-order valence-corrected chi connectivity index (χ2v) is 6.30. The van der Waals surface area contributed by atoms with E-state index in [1.165, 1.54) is 17.4 Å². The molecule has 0 bridgehead atoms. The van der Waals surface area contributed by atoms with Crippen molar-refractivity contribution in [1.29, 1.82) is 0 Å². The molecule has 9 heteroatoms. The number of rotatable bonds is 4. The number of nitrogens with one attached hydrogen (secondary N) is 1. The van der Waals surface area contributed by atoms with Gasteiger partial charge in [0.15, 0.2) is 0 Å². The van der Waals surface area contributed by atoms with Crippen molar-refractivity contribution in [3.63, 3.8) is 0 Å². The first kappa shape index (κ1) is 17.4. The number of hydrogen-bond acceptors (Lipinski definition) is 4. The van der Waals surface area contributed by atoms with E-state index in [0.29, 0.717) is 15.6 Å². The van der Waals surface area contributed by atoms with Gasteiger partial charge in [0.2, 0.25) is 0 Å². The van der Waals surface area contributed by atoms with Crippen molar-refractivity contribution in [1.82, 2.24) is 4.31 Å². The second kappa shape index (κ2) is 7.54. The molecule has 23 heavy (non-hydrogen) atoms. The quantitative estimate of drug-likeness (QED) is 0.462. The summed E-state index contributed by atoms with van der Waals surface area (Å²) in [6.07, 6.45) is 0. The Bertz CT molecular complexity index is 758. The molecule has 0 fully saturated rings. The lowest BCUT2D eigenvalue weighted by Crippen LogP contribution is -2.25. The van der Waals surface area contributed by atoms with Gasteiger partial charge in [-0.2, -0.15) is 0 Å². The van der Waals surface area contributed by atoms with Gasteiger partial charge in [0.1, 0.15) is 4.90 Å². The standard InChI is InChI=1S/C14H11Cl2N3O3S/c1-18(23-12-8-3-2-7-11(12)19(21)22)14(20)17-10-6-4-5-9(15)13(10)16/h2-8H,1H3,(H,17,20). The third-order valence-electron chi connectivity index (χ3n) is 2.78. The summed E-state index contributed by atoms with van der Waals surface area (Å²) in [4.78, 5) is 23.0. The second-order valence-electron chi connectivity index (χ2n) is 4.35. The number of hydrogen-bond donors (Lipinski definition) is 1. The van der Waals surface area contributed by atoms with Gasteiger partial charge in [-0.05, 0) is 30.1 Å². The maximum absolute atomic E-state index is 12.2. The summed E-state index contributed by atoms with van der Waals surface area (Å²) in [6, 6.07) is 10.5. The number of anilines is 1. The topological polar surface area (TPSA) is 75.5 Å². The molecule has 0 spiro atoms. The molecule has 0 aliphatic rings. The zero-order valence-corrected chi connectivity index (χ0v) is 14.2. The van der Waals surface area contributed by atoms with E-state index >= 15 is 0 Å². The summed E-state index contributed by atoms with van der Waals surface area (Å²) in [7, 11) is 1.50. The highest BCUT2D eigenvalue weighted by molar-refractivity contribution is 7.97. The van der Waals surface area contributed by atoms with Gasteiger partial charge in [-0.25, -0.2) is 4.79 Å². The number of amides is 2. The molecule has 0 saturated carbocycles. The van der Waals surface area contributed by atoms with Gasteiger partial charge in [-0.15, -0.1) is 0 Å². The molecule has 2 amide bonds. The Morgan fingerprint density at radius 2 is 1.91 bits per heavy atom. The smallest absolute Gasteiger partial charge is 0.306 e. The Balaban J connectivity index is 2.12. The molecule has 2 aromatic rings. The lowest BCUT2D eigenvalue weighted by molar-refractivity contribution is -0.387. The molecular weight excluding hydrogens is 361 g/mol. The van der Waals surface area contributed by atoms with Crippen LogP contribution in [0.2, 0.25) is 10.0 Å². The van der Waals surface area contributed by atoms with Crippen molar-refractivity contribution < 1.29 is 9.72 Å². The van der Waals surface area contributed by atoms with Crippen LogP contribution in [-0.2, 0) is 0 Å². The first-order valence-electron chi connectivity index (χ1n) is 6.30. The molecule has 0 aromatic heterocycles. The van der Waals surface area contributed by atoms with E-state index < -0.39 is 11.0 Å². The maximum Gasteiger partial charge on any atom is 0.331 e. The fourth-order valence-electron chi connectivity index (χ4n) is 1.67. The molecule has 6 nitrogen and oxygen atoms in total. The molecule has 0 aliphatic heterocycles. The summed E-state index contributed by atoms with van der Waals surface area (Å²) in [5.74, 6) is 0. The number of carbonyl (C=O) groups excluding carboxylic acids is 1. The Labute approximate surface area is 146 Å². The van der Waals surface area contributed by atoms with Crippen LogP contribution in [-0.4, -0.2) is 22.3 Å². The summed E-state index contributed by atoms with van der Waals surface area (Å²) in [5.41, 5.74) is 0.289. The zero-order chi connectivity index (χ0) is 17.0. The summed E-state index contributed by atoms with van der Waals surface area (Å²) in [5, 5.41) is 14.1. The predicted octanol–water partition coefficient (Wildman–Crippen LogP) is 5.07. The van der Waals surface area contributed by atoms with Gasteiger partial charge in [0.05, 0.1) is 20.7 Å². The Kier molecular flexibility index (Phi) is 5.70. The lowest BCUT2D eigenvalue weighted by Gasteiger charge is -2.17. The van der Waals surface area contributed by atoms with E-state index in [1.807, 2.05) is 0 Å². The Morgan fingerprint density at radius 1 is 1.22 bits per heavy atom. The molecule has 120 valence electrons. The van der Waals surface area contributed by atoms with Gasteiger partial charge in [-0.3, -0.25) is 14.4 Å². The number of urea groups is 1. The van der Waals surface area contributed by atoms with Gasteiger partial charge < -0.3 is 5.32 Å². The van der Waals surface area contributed by atoms with Gasteiger partial charge in [0.25, 0.3) is 5.69 Å². The van der Waals surface area contributed by atoms with Crippen LogP contribution in [0.1, 0.15) is 0 Å². The summed E-state index contributed by atoms with van der Waals surface area (Å²) in [6.45, 7) is 0. The molecule has 0 heterocycles.